The lowest BCUT2D eigenvalue weighted by Gasteiger charge is -2.21. The zero-order chi connectivity index (χ0) is 15.6. The van der Waals surface area contributed by atoms with Crippen molar-refractivity contribution < 1.29 is 14.3 Å². The van der Waals surface area contributed by atoms with E-state index in [9.17, 15) is 9.90 Å². The summed E-state index contributed by atoms with van der Waals surface area (Å²) in [6, 6.07) is 18.2. The van der Waals surface area contributed by atoms with E-state index >= 15 is 0 Å². The van der Waals surface area contributed by atoms with Gasteiger partial charge in [0.05, 0.1) is 6.54 Å². The van der Waals surface area contributed by atoms with E-state index in [2.05, 4.69) is 5.32 Å². The fraction of sp³-hybridized carbons (Fsp3) is 0.167. The van der Waals surface area contributed by atoms with Crippen LogP contribution in [0, 0.1) is 0 Å². The summed E-state index contributed by atoms with van der Waals surface area (Å²) < 4.78 is 5.67. The molecule has 0 fully saturated rings. The highest BCUT2D eigenvalue weighted by Crippen LogP contribution is 2.27. The van der Waals surface area contributed by atoms with Crippen LogP contribution in [0.15, 0.2) is 65.1 Å². The van der Waals surface area contributed by atoms with Crippen LogP contribution in [0.3, 0.4) is 0 Å². The van der Waals surface area contributed by atoms with Gasteiger partial charge in [0.15, 0.2) is 0 Å². The van der Waals surface area contributed by atoms with E-state index in [-0.39, 0.29) is 12.5 Å². The average Bonchev–Trinajstić information content (AvgIpc) is 2.98. The predicted octanol–water partition coefficient (Wildman–Crippen LogP) is 3.07. The van der Waals surface area contributed by atoms with Crippen molar-refractivity contribution in [1.82, 2.24) is 5.32 Å². The molecular formula is C18H17NO3. The van der Waals surface area contributed by atoms with Gasteiger partial charge in [0.25, 0.3) is 5.91 Å². The van der Waals surface area contributed by atoms with Crippen LogP contribution in [-0.2, 0) is 5.60 Å². The first-order valence-electron chi connectivity index (χ1n) is 7.11. The first kappa shape index (κ1) is 14.4. The molecule has 0 bridgehead atoms. The van der Waals surface area contributed by atoms with Gasteiger partial charge in [-0.25, -0.2) is 0 Å². The second-order valence-electron chi connectivity index (χ2n) is 5.47. The molecule has 2 N–H and O–H groups in total. The third-order valence-electron chi connectivity index (χ3n) is 3.59. The average molecular weight is 295 g/mol. The Labute approximate surface area is 128 Å². The summed E-state index contributed by atoms with van der Waals surface area (Å²) in [6.07, 6.45) is 0. The number of nitrogens with one attached hydrogen (secondary N) is 1. The van der Waals surface area contributed by atoms with Gasteiger partial charge in [-0.2, -0.15) is 0 Å². The lowest BCUT2D eigenvalue weighted by Crippen LogP contribution is -2.38. The molecule has 0 aliphatic carbocycles. The number of hydrogen-bond acceptors (Lipinski definition) is 3. The van der Waals surface area contributed by atoms with E-state index in [4.69, 9.17) is 4.42 Å². The second-order valence-corrected chi connectivity index (χ2v) is 5.47. The third-order valence-corrected chi connectivity index (χ3v) is 3.59. The van der Waals surface area contributed by atoms with Crippen LogP contribution >= 0.6 is 0 Å². The molecule has 22 heavy (non-hydrogen) atoms. The number of fused-ring (bicyclic) bond motifs is 1. The third kappa shape index (κ3) is 2.87. The Morgan fingerprint density at radius 1 is 1.14 bits per heavy atom. The largest absolute Gasteiger partial charge is 0.458 e. The molecule has 1 amide bonds. The predicted molar refractivity (Wildman–Crippen MR) is 84.6 cm³/mol. The molecule has 0 radical (unpaired) electrons. The Kier molecular flexibility index (Phi) is 3.69. The number of hydrogen-bond donors (Lipinski definition) is 2. The van der Waals surface area contributed by atoms with Crippen molar-refractivity contribution in [3.63, 3.8) is 0 Å². The molecule has 2 aromatic carbocycles. The van der Waals surface area contributed by atoms with Gasteiger partial charge in [0.2, 0.25) is 0 Å². The summed E-state index contributed by atoms with van der Waals surface area (Å²) in [5.74, 6) is 0.207. The van der Waals surface area contributed by atoms with E-state index in [1.165, 1.54) is 0 Å². The maximum atomic E-state index is 12.0. The molecule has 0 saturated carbocycles. The summed E-state index contributed by atoms with van der Waals surface area (Å²) in [6.45, 7) is 1.69. The molecule has 0 saturated heterocycles. The number of para-hydroxylation sites is 1. The number of aliphatic hydroxyl groups is 1. The zero-order valence-corrected chi connectivity index (χ0v) is 12.2. The topological polar surface area (TPSA) is 62.5 Å². The van der Waals surface area contributed by atoms with Crippen LogP contribution < -0.4 is 5.32 Å². The molecule has 1 aromatic heterocycles. The standard InChI is InChI=1S/C18H17NO3/c1-18(21,12-19-17(20)13-7-3-2-4-8-13)16-11-14-9-5-6-10-15(14)22-16/h2-11,21H,12H2,1H3,(H,19,20)/t18-/m0/s1. The Morgan fingerprint density at radius 3 is 2.55 bits per heavy atom. The van der Waals surface area contributed by atoms with Crippen molar-refractivity contribution in [2.75, 3.05) is 6.54 Å². The van der Waals surface area contributed by atoms with Gasteiger partial charge >= 0.3 is 0 Å². The number of furan rings is 1. The van der Waals surface area contributed by atoms with Gasteiger partial charge in [-0.05, 0) is 31.2 Å². The highest BCUT2D eigenvalue weighted by atomic mass is 16.4. The van der Waals surface area contributed by atoms with Crippen molar-refractivity contribution in [1.29, 1.82) is 0 Å². The number of carbonyl (C=O) groups excluding carboxylic acids is 1. The molecule has 0 spiro atoms. The second kappa shape index (κ2) is 5.66. The van der Waals surface area contributed by atoms with Crippen LogP contribution in [0.25, 0.3) is 11.0 Å². The number of rotatable bonds is 4. The van der Waals surface area contributed by atoms with Crippen molar-refractivity contribution in [2.24, 2.45) is 0 Å². The summed E-state index contributed by atoms with van der Waals surface area (Å²) in [4.78, 5) is 12.0. The molecule has 4 nitrogen and oxygen atoms in total. The maximum absolute atomic E-state index is 12.0. The molecule has 1 heterocycles. The Bertz CT molecular complexity index is 757. The monoisotopic (exact) mass is 295 g/mol. The molecule has 0 aliphatic rings. The van der Waals surface area contributed by atoms with Gasteiger partial charge in [-0.3, -0.25) is 4.79 Å². The van der Waals surface area contributed by atoms with Crippen LogP contribution in [0.2, 0.25) is 0 Å². The van der Waals surface area contributed by atoms with Crippen molar-refractivity contribution in [2.45, 2.75) is 12.5 Å². The summed E-state index contributed by atoms with van der Waals surface area (Å²) >= 11 is 0. The zero-order valence-electron chi connectivity index (χ0n) is 12.2. The summed E-state index contributed by atoms with van der Waals surface area (Å²) in [5.41, 5.74) is -0.00113. The molecule has 0 aliphatic heterocycles. The fourth-order valence-corrected chi connectivity index (χ4v) is 2.28. The minimum atomic E-state index is -1.27. The normalized spacial score (nSPS) is 13.7. The smallest absolute Gasteiger partial charge is 0.251 e. The lowest BCUT2D eigenvalue weighted by molar-refractivity contribution is 0.0344. The van der Waals surface area contributed by atoms with Gasteiger partial charge in [-0.15, -0.1) is 0 Å². The van der Waals surface area contributed by atoms with E-state index in [0.717, 1.165) is 5.39 Å². The van der Waals surface area contributed by atoms with Crippen LogP contribution in [0.4, 0.5) is 0 Å². The highest BCUT2D eigenvalue weighted by Gasteiger charge is 2.28. The molecule has 1 atom stereocenters. The minimum Gasteiger partial charge on any atom is -0.458 e. The van der Waals surface area contributed by atoms with Crippen LogP contribution in [-0.4, -0.2) is 17.6 Å². The molecule has 4 heteroatoms. The summed E-state index contributed by atoms with van der Waals surface area (Å²) in [7, 11) is 0. The molecule has 3 aromatic rings. The number of carbonyl (C=O) groups is 1. The fourth-order valence-electron chi connectivity index (χ4n) is 2.28. The number of benzene rings is 2. The van der Waals surface area contributed by atoms with Gasteiger partial charge < -0.3 is 14.8 Å². The van der Waals surface area contributed by atoms with Crippen LogP contribution in [0.1, 0.15) is 23.0 Å². The van der Waals surface area contributed by atoms with Crippen molar-refractivity contribution in [3.05, 3.63) is 72.0 Å². The molecular weight excluding hydrogens is 278 g/mol. The Hall–Kier alpha value is -2.59. The van der Waals surface area contributed by atoms with Gasteiger partial charge in [-0.1, -0.05) is 36.4 Å². The quantitative estimate of drug-likeness (QED) is 0.777. The highest BCUT2D eigenvalue weighted by molar-refractivity contribution is 5.94. The minimum absolute atomic E-state index is 0.0700. The van der Waals surface area contributed by atoms with E-state index in [0.29, 0.717) is 16.9 Å². The molecule has 3 rings (SSSR count). The first-order chi connectivity index (χ1) is 10.6. The van der Waals surface area contributed by atoms with Crippen molar-refractivity contribution >= 4 is 16.9 Å². The van der Waals surface area contributed by atoms with Crippen molar-refractivity contribution in [3.8, 4) is 0 Å². The molecule has 0 unspecified atom stereocenters. The molecule has 112 valence electrons. The summed E-state index contributed by atoms with van der Waals surface area (Å²) in [5, 5.41) is 14.2. The van der Waals surface area contributed by atoms with Gasteiger partial charge in [0, 0.05) is 10.9 Å². The van der Waals surface area contributed by atoms with E-state index in [1.807, 2.05) is 30.3 Å². The number of amides is 1. The Balaban J connectivity index is 1.74. The van der Waals surface area contributed by atoms with E-state index < -0.39 is 5.60 Å². The Morgan fingerprint density at radius 2 is 1.82 bits per heavy atom. The van der Waals surface area contributed by atoms with Crippen LogP contribution in [0.5, 0.6) is 0 Å². The maximum Gasteiger partial charge on any atom is 0.251 e. The SMILES string of the molecule is C[C@](O)(CNC(=O)c1ccccc1)c1cc2ccccc2o1. The first-order valence-corrected chi connectivity index (χ1v) is 7.11. The lowest BCUT2D eigenvalue weighted by atomic mass is 10.0. The van der Waals surface area contributed by atoms with Gasteiger partial charge in [0.1, 0.15) is 16.9 Å². The van der Waals surface area contributed by atoms with E-state index in [1.54, 1.807) is 37.3 Å².